The van der Waals surface area contributed by atoms with Gasteiger partial charge in [0.2, 0.25) is 0 Å². The van der Waals surface area contributed by atoms with Crippen LogP contribution in [0.3, 0.4) is 0 Å². The molecule has 2 rings (SSSR count). The van der Waals surface area contributed by atoms with Crippen LogP contribution in [0, 0.1) is 0 Å². The summed E-state index contributed by atoms with van der Waals surface area (Å²) in [4.78, 5) is 0. The van der Waals surface area contributed by atoms with Gasteiger partial charge in [0.05, 0.1) is 12.7 Å². The first-order valence-corrected chi connectivity index (χ1v) is 6.54. The topological polar surface area (TPSA) is 29.5 Å². The fourth-order valence-electron chi connectivity index (χ4n) is 2.11. The average molecular weight is 244 g/mol. The van der Waals surface area contributed by atoms with Crippen LogP contribution >= 0.6 is 0 Å². The number of phenols is 1. The monoisotopic (exact) mass is 244 g/mol. The third-order valence-electron chi connectivity index (χ3n) is 3.23. The Bertz CT molecular complexity index is 429. The summed E-state index contributed by atoms with van der Waals surface area (Å²) in [6, 6.07) is 7.33. The maximum absolute atomic E-state index is 9.25. The highest BCUT2D eigenvalue weighted by Crippen LogP contribution is 2.20. The molecule has 1 aliphatic rings. The first kappa shape index (κ1) is 12.9. The van der Waals surface area contributed by atoms with Crippen LogP contribution in [0.25, 0.3) is 6.08 Å². The van der Waals surface area contributed by atoms with Crippen LogP contribution in [0.4, 0.5) is 0 Å². The van der Waals surface area contributed by atoms with E-state index in [4.69, 9.17) is 4.74 Å². The molecule has 1 aromatic rings. The molecule has 1 N–H and O–H groups in total. The molecule has 0 spiro atoms. The van der Waals surface area contributed by atoms with Crippen molar-refractivity contribution in [2.75, 3.05) is 6.61 Å². The highest BCUT2D eigenvalue weighted by atomic mass is 16.5. The molecule has 2 nitrogen and oxygen atoms in total. The van der Waals surface area contributed by atoms with Gasteiger partial charge in [0.15, 0.2) is 0 Å². The molecule has 0 aromatic heterocycles. The van der Waals surface area contributed by atoms with Crippen LogP contribution in [0.1, 0.15) is 31.7 Å². The van der Waals surface area contributed by atoms with Crippen LogP contribution < -0.4 is 0 Å². The van der Waals surface area contributed by atoms with E-state index in [1.807, 2.05) is 12.1 Å². The summed E-state index contributed by atoms with van der Waals surface area (Å²) in [5.74, 6) is 0.315. The third kappa shape index (κ3) is 3.74. The second kappa shape index (κ2) is 6.41. The molecule has 0 bridgehead atoms. The summed E-state index contributed by atoms with van der Waals surface area (Å²) in [5.41, 5.74) is 2.57. The molecule has 0 fully saturated rings. The van der Waals surface area contributed by atoms with Gasteiger partial charge in [0.25, 0.3) is 0 Å². The van der Waals surface area contributed by atoms with Crippen LogP contribution in [-0.2, 0) is 4.74 Å². The Morgan fingerprint density at radius 3 is 2.78 bits per heavy atom. The second-order valence-electron chi connectivity index (χ2n) is 4.59. The zero-order valence-electron chi connectivity index (χ0n) is 10.8. The van der Waals surface area contributed by atoms with Crippen molar-refractivity contribution < 1.29 is 9.84 Å². The lowest BCUT2D eigenvalue weighted by Gasteiger charge is -2.10. The molecule has 1 heterocycles. The molecule has 1 aliphatic heterocycles. The third-order valence-corrected chi connectivity index (χ3v) is 3.23. The summed E-state index contributed by atoms with van der Waals surface area (Å²) in [6.45, 7) is 2.94. The average Bonchev–Trinajstić information content (AvgIpc) is 2.90. The van der Waals surface area contributed by atoms with E-state index < -0.39 is 0 Å². The Morgan fingerprint density at radius 2 is 2.17 bits per heavy atom. The van der Waals surface area contributed by atoms with Crippen molar-refractivity contribution in [1.82, 2.24) is 0 Å². The van der Waals surface area contributed by atoms with Gasteiger partial charge in [-0.25, -0.2) is 0 Å². The van der Waals surface area contributed by atoms with Gasteiger partial charge in [0.1, 0.15) is 5.75 Å². The summed E-state index contributed by atoms with van der Waals surface area (Å²) in [5, 5.41) is 9.25. The Kier molecular flexibility index (Phi) is 4.59. The Labute approximate surface area is 109 Å². The van der Waals surface area contributed by atoms with Crippen molar-refractivity contribution in [3.8, 4) is 5.75 Å². The lowest BCUT2D eigenvalue weighted by atomic mass is 10.0. The molecule has 2 heteroatoms. The fourth-order valence-corrected chi connectivity index (χ4v) is 2.11. The van der Waals surface area contributed by atoms with Crippen molar-refractivity contribution in [2.24, 2.45) is 0 Å². The van der Waals surface area contributed by atoms with Crippen LogP contribution in [0.15, 0.2) is 42.0 Å². The molecule has 0 saturated carbocycles. The van der Waals surface area contributed by atoms with E-state index in [9.17, 15) is 5.11 Å². The Morgan fingerprint density at radius 1 is 1.39 bits per heavy atom. The van der Waals surface area contributed by atoms with Gasteiger partial charge in [-0.2, -0.15) is 0 Å². The highest BCUT2D eigenvalue weighted by molar-refractivity contribution is 5.53. The van der Waals surface area contributed by atoms with Crippen molar-refractivity contribution in [1.29, 1.82) is 0 Å². The highest BCUT2D eigenvalue weighted by Gasteiger charge is 2.09. The minimum atomic E-state index is 0.291. The number of hydrogen-bond donors (Lipinski definition) is 1. The molecule has 0 unspecified atom stereocenters. The van der Waals surface area contributed by atoms with Gasteiger partial charge >= 0.3 is 0 Å². The summed E-state index contributed by atoms with van der Waals surface area (Å²) < 4.78 is 5.54. The summed E-state index contributed by atoms with van der Waals surface area (Å²) in [7, 11) is 0. The van der Waals surface area contributed by atoms with E-state index in [1.165, 1.54) is 5.57 Å². The van der Waals surface area contributed by atoms with E-state index in [0.717, 1.165) is 31.4 Å². The van der Waals surface area contributed by atoms with Gasteiger partial charge in [-0.05, 0) is 37.0 Å². The van der Waals surface area contributed by atoms with Crippen molar-refractivity contribution in [3.63, 3.8) is 0 Å². The normalized spacial score (nSPS) is 19.4. The predicted molar refractivity (Wildman–Crippen MR) is 74.5 cm³/mol. The zero-order valence-corrected chi connectivity index (χ0v) is 10.8. The summed E-state index contributed by atoms with van der Waals surface area (Å²) in [6.07, 6.45) is 9.89. The predicted octanol–water partition coefficient (Wildman–Crippen LogP) is 3.92. The smallest absolute Gasteiger partial charge is 0.115 e. The van der Waals surface area contributed by atoms with Crippen LogP contribution in [0.5, 0.6) is 5.75 Å². The quantitative estimate of drug-likeness (QED) is 0.795. The molecule has 1 atom stereocenters. The number of ether oxygens (including phenoxy) is 1. The van der Waals surface area contributed by atoms with Gasteiger partial charge in [-0.3, -0.25) is 0 Å². The van der Waals surface area contributed by atoms with Gasteiger partial charge in [-0.1, -0.05) is 42.9 Å². The largest absolute Gasteiger partial charge is 0.508 e. The van der Waals surface area contributed by atoms with Gasteiger partial charge in [0, 0.05) is 0 Å². The zero-order chi connectivity index (χ0) is 12.8. The summed E-state index contributed by atoms with van der Waals surface area (Å²) >= 11 is 0. The SMILES string of the molecule is CC/C(=C\c1ccc(O)cc1)CC[C@@H]1C=CCO1. The molecule has 0 aliphatic carbocycles. The van der Waals surface area contributed by atoms with E-state index in [-0.39, 0.29) is 0 Å². The van der Waals surface area contributed by atoms with E-state index in [1.54, 1.807) is 12.1 Å². The maximum Gasteiger partial charge on any atom is 0.115 e. The molecule has 0 radical (unpaired) electrons. The number of benzene rings is 1. The van der Waals surface area contributed by atoms with Crippen molar-refractivity contribution in [2.45, 2.75) is 32.3 Å². The number of hydrogen-bond acceptors (Lipinski definition) is 2. The van der Waals surface area contributed by atoms with E-state index >= 15 is 0 Å². The molecule has 96 valence electrons. The molecule has 1 aromatic carbocycles. The minimum Gasteiger partial charge on any atom is -0.508 e. The second-order valence-corrected chi connectivity index (χ2v) is 4.59. The lowest BCUT2D eigenvalue weighted by Crippen LogP contribution is -2.04. The Hall–Kier alpha value is -1.54. The van der Waals surface area contributed by atoms with Crippen LogP contribution in [-0.4, -0.2) is 17.8 Å². The molecule has 18 heavy (non-hydrogen) atoms. The first-order valence-electron chi connectivity index (χ1n) is 6.54. The molecule has 0 amide bonds. The maximum atomic E-state index is 9.25. The number of phenolic OH excluding ortho intramolecular Hbond substituents is 1. The Balaban J connectivity index is 1.94. The molecular weight excluding hydrogens is 224 g/mol. The standard InChI is InChI=1S/C16H20O2/c1-2-13(7-10-16-4-3-11-18-16)12-14-5-8-15(17)9-6-14/h3-6,8-9,12,16-17H,2,7,10-11H2,1H3/b13-12+/t16-/m0/s1. The fraction of sp³-hybridized carbons (Fsp3) is 0.375. The lowest BCUT2D eigenvalue weighted by molar-refractivity contribution is 0.121. The van der Waals surface area contributed by atoms with Crippen LogP contribution in [0.2, 0.25) is 0 Å². The van der Waals surface area contributed by atoms with E-state index in [2.05, 4.69) is 25.2 Å². The number of aromatic hydroxyl groups is 1. The van der Waals surface area contributed by atoms with E-state index in [0.29, 0.717) is 11.9 Å². The minimum absolute atomic E-state index is 0.291. The molecule has 0 saturated heterocycles. The van der Waals surface area contributed by atoms with Gasteiger partial charge in [-0.15, -0.1) is 0 Å². The first-order chi connectivity index (χ1) is 8.78. The van der Waals surface area contributed by atoms with Crippen molar-refractivity contribution in [3.05, 3.63) is 47.6 Å². The number of allylic oxidation sites excluding steroid dienone is 1. The molecular formula is C16H20O2. The number of rotatable bonds is 5. The van der Waals surface area contributed by atoms with Crippen molar-refractivity contribution >= 4 is 6.08 Å². The van der Waals surface area contributed by atoms with Gasteiger partial charge < -0.3 is 9.84 Å².